The minimum Gasteiger partial charge on any atom is -0.379 e. The van der Waals surface area contributed by atoms with Crippen LogP contribution < -0.4 is 5.32 Å². The van der Waals surface area contributed by atoms with Crippen molar-refractivity contribution >= 4 is 0 Å². The summed E-state index contributed by atoms with van der Waals surface area (Å²) < 4.78 is 10.9. The molecule has 0 heterocycles. The van der Waals surface area contributed by atoms with Gasteiger partial charge in [0.15, 0.2) is 0 Å². The molecule has 0 rings (SSSR count). The quantitative estimate of drug-likeness (QED) is 0.568. The molecule has 0 bridgehead atoms. The first-order chi connectivity index (χ1) is 8.06. The number of rotatable bonds is 11. The molecule has 0 aromatic heterocycles. The predicted molar refractivity (Wildman–Crippen MR) is 73.5 cm³/mol. The second kappa shape index (κ2) is 11.0. The van der Waals surface area contributed by atoms with Gasteiger partial charge in [0.25, 0.3) is 0 Å². The lowest BCUT2D eigenvalue weighted by molar-refractivity contribution is 0.0451. The highest BCUT2D eigenvalue weighted by Gasteiger charge is 2.08. The topological polar surface area (TPSA) is 30.5 Å². The summed E-state index contributed by atoms with van der Waals surface area (Å²) in [5.41, 5.74) is 0.455. The van der Waals surface area contributed by atoms with E-state index >= 15 is 0 Å². The van der Waals surface area contributed by atoms with Gasteiger partial charge in [0.05, 0.1) is 13.2 Å². The molecule has 0 aromatic rings. The van der Waals surface area contributed by atoms with E-state index in [1.165, 1.54) is 12.8 Å². The third-order valence-corrected chi connectivity index (χ3v) is 2.55. The van der Waals surface area contributed by atoms with E-state index in [9.17, 15) is 0 Å². The fraction of sp³-hybridized carbons (Fsp3) is 1.00. The molecule has 0 aliphatic carbocycles. The molecule has 0 spiro atoms. The van der Waals surface area contributed by atoms with Crippen molar-refractivity contribution in [1.29, 1.82) is 0 Å². The van der Waals surface area contributed by atoms with Crippen LogP contribution in [0, 0.1) is 5.41 Å². The third-order valence-electron chi connectivity index (χ3n) is 2.55. The zero-order chi connectivity index (χ0) is 13.0. The molecule has 3 heteroatoms. The van der Waals surface area contributed by atoms with E-state index in [1.54, 1.807) is 0 Å². The maximum absolute atomic E-state index is 5.51. The van der Waals surface area contributed by atoms with Crippen molar-refractivity contribution in [1.82, 2.24) is 5.32 Å². The Morgan fingerprint density at radius 1 is 0.824 bits per heavy atom. The van der Waals surface area contributed by atoms with Crippen molar-refractivity contribution in [3.8, 4) is 0 Å². The minimum absolute atomic E-state index is 0.455. The molecular weight excluding hydrogens is 214 g/mol. The summed E-state index contributed by atoms with van der Waals surface area (Å²) in [6.45, 7) is 11.0. The van der Waals surface area contributed by atoms with E-state index in [0.29, 0.717) is 5.41 Å². The minimum atomic E-state index is 0.455. The van der Waals surface area contributed by atoms with Crippen LogP contribution in [0.2, 0.25) is 0 Å². The van der Waals surface area contributed by atoms with Crippen LogP contribution in [-0.2, 0) is 9.47 Å². The van der Waals surface area contributed by atoms with Gasteiger partial charge in [-0.15, -0.1) is 0 Å². The maximum Gasteiger partial charge on any atom is 0.0700 e. The number of nitrogens with one attached hydrogen (secondary N) is 1. The van der Waals surface area contributed by atoms with E-state index < -0.39 is 0 Å². The van der Waals surface area contributed by atoms with Crippen LogP contribution in [0.25, 0.3) is 0 Å². The summed E-state index contributed by atoms with van der Waals surface area (Å²) in [6.07, 6.45) is 4.77. The smallest absolute Gasteiger partial charge is 0.0700 e. The maximum atomic E-state index is 5.51. The van der Waals surface area contributed by atoms with Crippen molar-refractivity contribution in [3.63, 3.8) is 0 Å². The number of unbranched alkanes of at least 4 members (excludes halogenated alkanes) is 1. The van der Waals surface area contributed by atoms with E-state index in [2.05, 4.69) is 26.1 Å². The van der Waals surface area contributed by atoms with Crippen LogP contribution in [0.3, 0.4) is 0 Å². The van der Waals surface area contributed by atoms with Gasteiger partial charge in [-0.1, -0.05) is 27.2 Å². The summed E-state index contributed by atoms with van der Waals surface area (Å²) in [5, 5.41) is 3.09. The molecule has 0 saturated heterocycles. The van der Waals surface area contributed by atoms with Gasteiger partial charge in [-0.05, 0) is 38.3 Å². The van der Waals surface area contributed by atoms with Gasteiger partial charge in [0.2, 0.25) is 0 Å². The summed E-state index contributed by atoms with van der Waals surface area (Å²) in [5.74, 6) is 0. The van der Waals surface area contributed by atoms with E-state index in [1.807, 2.05) is 7.05 Å². The monoisotopic (exact) mass is 245 g/mol. The van der Waals surface area contributed by atoms with E-state index in [0.717, 1.165) is 45.8 Å². The molecule has 0 unspecified atom stereocenters. The first-order valence-electron chi connectivity index (χ1n) is 6.86. The average Bonchev–Trinajstić information content (AvgIpc) is 2.24. The molecule has 0 radical (unpaired) electrons. The Balaban J connectivity index is 2.99. The molecule has 0 aliphatic heterocycles. The lowest BCUT2D eigenvalue weighted by atomic mass is 9.90. The molecule has 0 atom stereocenters. The number of hydrogen-bond acceptors (Lipinski definition) is 3. The van der Waals surface area contributed by atoms with Crippen molar-refractivity contribution in [3.05, 3.63) is 0 Å². The van der Waals surface area contributed by atoms with Gasteiger partial charge in [0.1, 0.15) is 0 Å². The first kappa shape index (κ1) is 16.9. The third kappa shape index (κ3) is 15.9. The molecule has 0 aromatic carbocycles. The fourth-order valence-electron chi connectivity index (χ4n) is 1.53. The summed E-state index contributed by atoms with van der Waals surface area (Å²) >= 11 is 0. The second-order valence-corrected chi connectivity index (χ2v) is 5.70. The lowest BCUT2D eigenvalue weighted by Crippen LogP contribution is -2.12. The van der Waals surface area contributed by atoms with Gasteiger partial charge in [-0.2, -0.15) is 0 Å². The van der Waals surface area contributed by atoms with Gasteiger partial charge >= 0.3 is 0 Å². The Morgan fingerprint density at radius 3 is 1.94 bits per heavy atom. The molecule has 1 N–H and O–H groups in total. The molecule has 17 heavy (non-hydrogen) atoms. The zero-order valence-corrected chi connectivity index (χ0v) is 12.2. The Bertz CT molecular complexity index is 155. The number of hydrogen-bond donors (Lipinski definition) is 1. The lowest BCUT2D eigenvalue weighted by Gasteiger charge is -2.17. The molecule has 0 amide bonds. The number of ether oxygens (including phenoxy) is 2. The Morgan fingerprint density at radius 2 is 1.41 bits per heavy atom. The highest BCUT2D eigenvalue weighted by atomic mass is 16.5. The van der Waals surface area contributed by atoms with Crippen LogP contribution in [0.4, 0.5) is 0 Å². The highest BCUT2D eigenvalue weighted by Crippen LogP contribution is 2.21. The van der Waals surface area contributed by atoms with Crippen LogP contribution >= 0.6 is 0 Å². The van der Waals surface area contributed by atoms with E-state index in [4.69, 9.17) is 9.47 Å². The largest absolute Gasteiger partial charge is 0.379 e. The van der Waals surface area contributed by atoms with Crippen molar-refractivity contribution in [2.24, 2.45) is 5.41 Å². The first-order valence-corrected chi connectivity index (χ1v) is 6.86. The summed E-state index contributed by atoms with van der Waals surface area (Å²) in [6, 6.07) is 0. The molecule has 3 nitrogen and oxygen atoms in total. The fourth-order valence-corrected chi connectivity index (χ4v) is 1.53. The van der Waals surface area contributed by atoms with Crippen molar-refractivity contribution < 1.29 is 9.47 Å². The summed E-state index contributed by atoms with van der Waals surface area (Å²) in [7, 11) is 1.96. The van der Waals surface area contributed by atoms with Gasteiger partial charge in [-0.3, -0.25) is 0 Å². The Labute approximate surface area is 107 Å². The van der Waals surface area contributed by atoms with Crippen LogP contribution in [0.15, 0.2) is 0 Å². The normalized spacial score (nSPS) is 12.0. The standard InChI is InChI=1S/C14H31NO2/c1-14(2,3)8-5-6-10-16-12-13-17-11-7-9-15-4/h15H,5-13H2,1-4H3. The van der Waals surface area contributed by atoms with Crippen LogP contribution in [-0.4, -0.2) is 40.0 Å². The van der Waals surface area contributed by atoms with E-state index in [-0.39, 0.29) is 0 Å². The van der Waals surface area contributed by atoms with Gasteiger partial charge < -0.3 is 14.8 Å². The second-order valence-electron chi connectivity index (χ2n) is 5.70. The Kier molecular flexibility index (Phi) is 10.9. The van der Waals surface area contributed by atoms with Crippen molar-refractivity contribution in [2.45, 2.75) is 46.5 Å². The van der Waals surface area contributed by atoms with Crippen molar-refractivity contribution in [2.75, 3.05) is 40.0 Å². The average molecular weight is 245 g/mol. The molecule has 0 aliphatic rings. The Hall–Kier alpha value is -0.120. The highest BCUT2D eigenvalue weighted by molar-refractivity contribution is 4.60. The van der Waals surface area contributed by atoms with Crippen LogP contribution in [0.5, 0.6) is 0 Å². The van der Waals surface area contributed by atoms with Crippen LogP contribution in [0.1, 0.15) is 46.5 Å². The molecule has 104 valence electrons. The molecule has 0 fully saturated rings. The SMILES string of the molecule is CNCCCOCCOCCCCC(C)(C)C. The summed E-state index contributed by atoms with van der Waals surface area (Å²) in [4.78, 5) is 0. The molecule has 0 saturated carbocycles. The predicted octanol–water partition coefficient (Wildman–Crippen LogP) is 2.85. The molecular formula is C14H31NO2. The zero-order valence-electron chi connectivity index (χ0n) is 12.2. The van der Waals surface area contributed by atoms with Gasteiger partial charge in [0, 0.05) is 13.2 Å². The van der Waals surface area contributed by atoms with Gasteiger partial charge in [-0.25, -0.2) is 0 Å².